The van der Waals surface area contributed by atoms with Crippen molar-refractivity contribution >= 4 is 23.4 Å². The second-order valence-electron chi connectivity index (χ2n) is 5.24. The van der Waals surface area contributed by atoms with E-state index in [1.807, 2.05) is 23.9 Å². The van der Waals surface area contributed by atoms with Crippen molar-refractivity contribution in [3.63, 3.8) is 0 Å². The van der Waals surface area contributed by atoms with Gasteiger partial charge in [-0.3, -0.25) is 0 Å². The van der Waals surface area contributed by atoms with Gasteiger partial charge in [-0.25, -0.2) is 4.68 Å². The Kier molecular flexibility index (Phi) is 4.77. The minimum absolute atomic E-state index is 0.435. The third-order valence-electron chi connectivity index (χ3n) is 3.71. The van der Waals surface area contributed by atoms with Crippen molar-refractivity contribution in [2.75, 3.05) is 7.05 Å². The van der Waals surface area contributed by atoms with E-state index in [9.17, 15) is 0 Å². The molecule has 1 fully saturated rings. The summed E-state index contributed by atoms with van der Waals surface area (Å²) in [6.45, 7) is 0.810. The molecule has 21 heavy (non-hydrogen) atoms. The maximum absolute atomic E-state index is 6.37. The lowest BCUT2D eigenvalue weighted by Gasteiger charge is -2.11. The van der Waals surface area contributed by atoms with Crippen LogP contribution in [-0.2, 0) is 6.54 Å². The van der Waals surface area contributed by atoms with Crippen LogP contribution in [0.4, 0.5) is 0 Å². The summed E-state index contributed by atoms with van der Waals surface area (Å²) in [4.78, 5) is 0.991. The molecule has 0 saturated heterocycles. The molecule has 1 aliphatic rings. The lowest BCUT2D eigenvalue weighted by atomic mass is 10.2. The number of tetrazole rings is 1. The topological polar surface area (TPSA) is 55.6 Å². The molecular weight excluding hydrogens is 306 g/mol. The minimum atomic E-state index is 0.435. The van der Waals surface area contributed by atoms with E-state index in [0.717, 1.165) is 34.5 Å². The van der Waals surface area contributed by atoms with Crippen molar-refractivity contribution in [1.82, 2.24) is 25.5 Å². The Morgan fingerprint density at radius 1 is 1.38 bits per heavy atom. The van der Waals surface area contributed by atoms with Gasteiger partial charge >= 0.3 is 0 Å². The van der Waals surface area contributed by atoms with Crippen molar-refractivity contribution in [3.05, 3.63) is 28.8 Å². The highest BCUT2D eigenvalue weighted by Gasteiger charge is 2.22. The summed E-state index contributed by atoms with van der Waals surface area (Å²) < 4.78 is 1.95. The fourth-order valence-electron chi connectivity index (χ4n) is 2.67. The molecule has 0 radical (unpaired) electrons. The van der Waals surface area contributed by atoms with Gasteiger partial charge in [0.1, 0.15) is 0 Å². The molecule has 1 aliphatic carbocycles. The maximum Gasteiger partial charge on any atom is 0.214 e. The Morgan fingerprint density at radius 2 is 2.19 bits per heavy atom. The highest BCUT2D eigenvalue weighted by molar-refractivity contribution is 7.99. The molecule has 0 bridgehead atoms. The molecule has 1 aromatic carbocycles. The molecule has 112 valence electrons. The number of halogens is 1. The third kappa shape index (κ3) is 3.39. The van der Waals surface area contributed by atoms with Crippen molar-refractivity contribution < 1.29 is 0 Å². The first kappa shape index (κ1) is 14.8. The fourth-order valence-corrected chi connectivity index (χ4v) is 3.83. The standard InChI is InChI=1S/C14H18ClN5S/c1-16-9-10-6-7-13(12(15)8-10)21-14-17-18-19-20(14)11-4-2-3-5-11/h6-8,11,16H,2-5,9H2,1H3. The zero-order chi connectivity index (χ0) is 14.7. The molecule has 0 aliphatic heterocycles. The van der Waals surface area contributed by atoms with Crippen LogP contribution < -0.4 is 5.32 Å². The number of nitrogens with zero attached hydrogens (tertiary/aromatic N) is 4. The van der Waals surface area contributed by atoms with Gasteiger partial charge in [-0.1, -0.05) is 30.5 Å². The van der Waals surface area contributed by atoms with Crippen molar-refractivity contribution in [3.8, 4) is 0 Å². The van der Waals surface area contributed by atoms with Crippen LogP contribution in [0, 0.1) is 0 Å². The number of nitrogens with one attached hydrogen (secondary N) is 1. The Balaban J connectivity index is 1.79. The molecule has 3 rings (SSSR count). The van der Waals surface area contributed by atoms with E-state index in [2.05, 4.69) is 26.9 Å². The number of benzene rings is 1. The van der Waals surface area contributed by atoms with E-state index in [1.165, 1.54) is 30.2 Å². The largest absolute Gasteiger partial charge is 0.316 e. The van der Waals surface area contributed by atoms with Gasteiger partial charge < -0.3 is 5.32 Å². The first-order valence-electron chi connectivity index (χ1n) is 7.16. The van der Waals surface area contributed by atoms with E-state index in [4.69, 9.17) is 11.6 Å². The smallest absolute Gasteiger partial charge is 0.214 e. The van der Waals surface area contributed by atoms with E-state index in [0.29, 0.717) is 6.04 Å². The minimum Gasteiger partial charge on any atom is -0.316 e. The van der Waals surface area contributed by atoms with Gasteiger partial charge in [0, 0.05) is 11.4 Å². The molecule has 0 atom stereocenters. The van der Waals surface area contributed by atoms with Crippen LogP contribution in [0.3, 0.4) is 0 Å². The summed E-state index contributed by atoms with van der Waals surface area (Å²) in [6, 6.07) is 6.54. The predicted octanol–water partition coefficient (Wildman–Crippen LogP) is 3.31. The number of hydrogen-bond donors (Lipinski definition) is 1. The van der Waals surface area contributed by atoms with Crippen LogP contribution in [0.15, 0.2) is 28.3 Å². The Morgan fingerprint density at radius 3 is 2.90 bits per heavy atom. The summed E-state index contributed by atoms with van der Waals surface area (Å²) >= 11 is 7.90. The second kappa shape index (κ2) is 6.77. The molecule has 0 spiro atoms. The van der Waals surface area contributed by atoms with Gasteiger partial charge in [0.05, 0.1) is 11.1 Å². The molecule has 1 heterocycles. The van der Waals surface area contributed by atoms with E-state index in [1.54, 1.807) is 0 Å². The lowest BCUT2D eigenvalue weighted by molar-refractivity contribution is 0.423. The highest BCUT2D eigenvalue weighted by atomic mass is 35.5. The van der Waals surface area contributed by atoms with Crippen LogP contribution in [0.1, 0.15) is 37.3 Å². The van der Waals surface area contributed by atoms with Crippen LogP contribution in [0.25, 0.3) is 0 Å². The highest BCUT2D eigenvalue weighted by Crippen LogP contribution is 2.36. The van der Waals surface area contributed by atoms with Crippen LogP contribution in [0.2, 0.25) is 5.02 Å². The lowest BCUT2D eigenvalue weighted by Crippen LogP contribution is -2.08. The van der Waals surface area contributed by atoms with Gasteiger partial charge in [-0.15, -0.1) is 5.10 Å². The monoisotopic (exact) mass is 323 g/mol. The predicted molar refractivity (Wildman–Crippen MR) is 83.7 cm³/mol. The fraction of sp³-hybridized carbons (Fsp3) is 0.500. The zero-order valence-corrected chi connectivity index (χ0v) is 13.5. The number of aromatic nitrogens is 4. The first-order chi connectivity index (χ1) is 10.3. The Bertz CT molecular complexity index is 609. The summed E-state index contributed by atoms with van der Waals surface area (Å²) in [5, 5.41) is 16.8. The molecule has 0 unspecified atom stereocenters. The van der Waals surface area contributed by atoms with Gasteiger partial charge in [0.25, 0.3) is 0 Å². The Hall–Kier alpha value is -1.11. The Labute approximate surface area is 133 Å². The summed E-state index contributed by atoms with van der Waals surface area (Å²) in [7, 11) is 1.92. The van der Waals surface area contributed by atoms with Crippen LogP contribution in [-0.4, -0.2) is 27.3 Å². The molecule has 7 heteroatoms. The summed E-state index contributed by atoms with van der Waals surface area (Å²) in [5.74, 6) is 0. The van der Waals surface area contributed by atoms with E-state index in [-0.39, 0.29) is 0 Å². The molecule has 5 nitrogen and oxygen atoms in total. The molecular formula is C14H18ClN5S. The number of hydrogen-bond acceptors (Lipinski definition) is 5. The average molecular weight is 324 g/mol. The normalized spacial score (nSPS) is 15.7. The van der Waals surface area contributed by atoms with E-state index < -0.39 is 0 Å². The molecule has 1 saturated carbocycles. The quantitative estimate of drug-likeness (QED) is 0.914. The maximum atomic E-state index is 6.37. The third-order valence-corrected chi connectivity index (χ3v) is 5.16. The van der Waals surface area contributed by atoms with Gasteiger partial charge in [-0.05, 0) is 59.8 Å². The first-order valence-corrected chi connectivity index (χ1v) is 8.36. The molecule has 0 amide bonds. The van der Waals surface area contributed by atoms with Crippen molar-refractivity contribution in [2.24, 2.45) is 0 Å². The van der Waals surface area contributed by atoms with Crippen molar-refractivity contribution in [2.45, 2.75) is 48.3 Å². The number of rotatable bonds is 5. The molecule has 1 N–H and O–H groups in total. The van der Waals surface area contributed by atoms with Crippen LogP contribution >= 0.6 is 23.4 Å². The summed E-state index contributed by atoms with van der Waals surface area (Å²) in [6.07, 6.45) is 4.84. The SMILES string of the molecule is CNCc1ccc(Sc2nnnn2C2CCCC2)c(Cl)c1. The zero-order valence-electron chi connectivity index (χ0n) is 11.9. The average Bonchev–Trinajstić information content (AvgIpc) is 3.13. The van der Waals surface area contributed by atoms with Gasteiger partial charge in [0.2, 0.25) is 5.16 Å². The van der Waals surface area contributed by atoms with Gasteiger partial charge in [-0.2, -0.15) is 0 Å². The second-order valence-corrected chi connectivity index (χ2v) is 6.66. The molecule has 2 aromatic rings. The summed E-state index contributed by atoms with van der Waals surface area (Å²) in [5.41, 5.74) is 1.17. The molecule has 1 aromatic heterocycles. The van der Waals surface area contributed by atoms with E-state index >= 15 is 0 Å². The van der Waals surface area contributed by atoms with Crippen LogP contribution in [0.5, 0.6) is 0 Å². The van der Waals surface area contributed by atoms with Gasteiger partial charge in [0.15, 0.2) is 0 Å². The van der Waals surface area contributed by atoms with Crippen molar-refractivity contribution in [1.29, 1.82) is 0 Å².